The van der Waals surface area contributed by atoms with E-state index in [0.717, 1.165) is 11.6 Å². The second-order valence-corrected chi connectivity index (χ2v) is 8.27. The SMILES string of the molecule is COc1ccc(N(C)C(=O)C(Cc2ccccc2)NC(=O)NSNc2ccccc2OC(F)(F)F)cc1. The van der Waals surface area contributed by atoms with E-state index in [1.54, 1.807) is 31.3 Å². The van der Waals surface area contributed by atoms with Crippen LogP contribution in [0.1, 0.15) is 5.56 Å². The molecule has 0 aliphatic carbocycles. The zero-order valence-corrected chi connectivity index (χ0v) is 20.7. The van der Waals surface area contributed by atoms with Gasteiger partial charge in [-0.1, -0.05) is 42.5 Å². The van der Waals surface area contributed by atoms with E-state index in [9.17, 15) is 22.8 Å². The Kier molecular flexibility index (Phi) is 9.50. The highest BCUT2D eigenvalue weighted by Crippen LogP contribution is 2.31. The van der Waals surface area contributed by atoms with Crippen molar-refractivity contribution in [2.45, 2.75) is 18.8 Å². The predicted molar refractivity (Wildman–Crippen MR) is 136 cm³/mol. The van der Waals surface area contributed by atoms with Crippen molar-refractivity contribution < 1.29 is 32.2 Å². The molecule has 3 aromatic carbocycles. The molecule has 12 heteroatoms. The Morgan fingerprint density at radius 3 is 2.27 bits per heavy atom. The van der Waals surface area contributed by atoms with Crippen LogP contribution in [0.5, 0.6) is 11.5 Å². The van der Waals surface area contributed by atoms with Crippen molar-refractivity contribution >= 4 is 35.4 Å². The Morgan fingerprint density at radius 2 is 1.62 bits per heavy atom. The second-order valence-electron chi connectivity index (χ2n) is 7.66. The van der Waals surface area contributed by atoms with Crippen LogP contribution in [-0.4, -0.2) is 38.5 Å². The number of hydrogen-bond acceptors (Lipinski definition) is 6. The first kappa shape index (κ1) is 27.5. The molecule has 3 amide bonds. The molecular weight excluding hydrogens is 509 g/mol. The first-order valence-electron chi connectivity index (χ1n) is 10.9. The first-order valence-corrected chi connectivity index (χ1v) is 11.8. The summed E-state index contributed by atoms with van der Waals surface area (Å²) in [5.74, 6) is -0.191. The number of methoxy groups -OCH3 is 1. The lowest BCUT2D eigenvalue weighted by Gasteiger charge is -2.25. The van der Waals surface area contributed by atoms with Crippen LogP contribution in [0, 0.1) is 0 Å². The third kappa shape index (κ3) is 8.53. The molecule has 3 aromatic rings. The number of hydrogen-bond donors (Lipinski definition) is 3. The molecule has 0 saturated carbocycles. The summed E-state index contributed by atoms with van der Waals surface area (Å²) in [6, 6.07) is 19.8. The molecule has 3 rings (SSSR count). The molecule has 0 radical (unpaired) electrons. The lowest BCUT2D eigenvalue weighted by molar-refractivity contribution is -0.274. The molecule has 0 heterocycles. The Labute approximate surface area is 216 Å². The van der Waals surface area contributed by atoms with E-state index in [2.05, 4.69) is 19.5 Å². The summed E-state index contributed by atoms with van der Waals surface area (Å²) >= 11 is 0.625. The van der Waals surface area contributed by atoms with Crippen LogP contribution in [0.15, 0.2) is 78.9 Å². The van der Waals surface area contributed by atoms with Gasteiger partial charge in [-0.3, -0.25) is 9.52 Å². The van der Waals surface area contributed by atoms with Gasteiger partial charge in [0.1, 0.15) is 11.8 Å². The molecule has 8 nitrogen and oxygen atoms in total. The van der Waals surface area contributed by atoms with E-state index in [0.29, 0.717) is 23.6 Å². The van der Waals surface area contributed by atoms with Crippen molar-refractivity contribution in [1.29, 1.82) is 0 Å². The van der Waals surface area contributed by atoms with Gasteiger partial charge in [-0.2, -0.15) is 0 Å². The number of anilines is 2. The number of para-hydroxylation sites is 2. The fraction of sp³-hybridized carbons (Fsp3) is 0.200. The van der Waals surface area contributed by atoms with Gasteiger partial charge in [0.05, 0.1) is 24.9 Å². The molecule has 0 fully saturated rings. The smallest absolute Gasteiger partial charge is 0.497 e. The minimum Gasteiger partial charge on any atom is -0.497 e. The van der Waals surface area contributed by atoms with Crippen molar-refractivity contribution in [2.75, 3.05) is 23.8 Å². The summed E-state index contributed by atoms with van der Waals surface area (Å²) < 4.78 is 52.0. The molecule has 0 saturated heterocycles. The van der Waals surface area contributed by atoms with Crippen molar-refractivity contribution in [3.63, 3.8) is 0 Å². The molecule has 0 aromatic heterocycles. The number of carbonyl (C=O) groups excluding carboxylic acids is 2. The maximum absolute atomic E-state index is 13.3. The summed E-state index contributed by atoms with van der Waals surface area (Å²) in [4.78, 5) is 27.4. The van der Waals surface area contributed by atoms with E-state index in [4.69, 9.17) is 4.74 Å². The van der Waals surface area contributed by atoms with Gasteiger partial charge in [0, 0.05) is 19.2 Å². The fourth-order valence-corrected chi connectivity index (χ4v) is 3.78. The van der Waals surface area contributed by atoms with Crippen LogP contribution in [0.2, 0.25) is 0 Å². The zero-order valence-electron chi connectivity index (χ0n) is 19.9. The molecule has 37 heavy (non-hydrogen) atoms. The van der Waals surface area contributed by atoms with E-state index in [1.807, 2.05) is 30.3 Å². The zero-order chi connectivity index (χ0) is 26.8. The third-order valence-corrected chi connectivity index (χ3v) is 5.70. The number of halogens is 3. The standard InChI is InChI=1S/C25H25F3N4O4S/c1-32(18-12-14-19(35-2)15-13-18)23(33)21(16-17-8-4-3-5-9-17)29-24(34)31-37-30-20-10-6-7-11-22(20)36-25(26,27)28/h3-15,21,30H,16H2,1-2H3,(H2,29,31,34). The molecule has 0 bridgehead atoms. The summed E-state index contributed by atoms with van der Waals surface area (Å²) in [5, 5.41) is 2.64. The number of nitrogens with one attached hydrogen (secondary N) is 3. The van der Waals surface area contributed by atoms with E-state index in [-0.39, 0.29) is 18.0 Å². The van der Waals surface area contributed by atoms with Crippen LogP contribution in [-0.2, 0) is 11.2 Å². The quantitative estimate of drug-likeness (QED) is 0.312. The average Bonchev–Trinajstić information content (AvgIpc) is 2.88. The highest BCUT2D eigenvalue weighted by molar-refractivity contribution is 7.99. The maximum atomic E-state index is 13.3. The molecular formula is C25H25F3N4O4S. The first-order chi connectivity index (χ1) is 17.7. The van der Waals surface area contributed by atoms with Gasteiger partial charge < -0.3 is 24.4 Å². The van der Waals surface area contributed by atoms with E-state index >= 15 is 0 Å². The topological polar surface area (TPSA) is 91.9 Å². The Morgan fingerprint density at radius 1 is 0.973 bits per heavy atom. The van der Waals surface area contributed by atoms with Crippen LogP contribution in [0.25, 0.3) is 0 Å². The number of carbonyl (C=O) groups is 2. The lowest BCUT2D eigenvalue weighted by Crippen LogP contribution is -2.50. The summed E-state index contributed by atoms with van der Waals surface area (Å²) in [5.41, 5.74) is 1.43. The normalized spacial score (nSPS) is 11.7. The van der Waals surface area contributed by atoms with Crippen molar-refractivity contribution in [1.82, 2.24) is 10.0 Å². The molecule has 0 aliphatic heterocycles. The van der Waals surface area contributed by atoms with Crippen LogP contribution >= 0.6 is 12.1 Å². The van der Waals surface area contributed by atoms with E-state index in [1.165, 1.54) is 30.2 Å². The number of alkyl halides is 3. The Bertz CT molecular complexity index is 1180. The predicted octanol–water partition coefficient (Wildman–Crippen LogP) is 5.14. The van der Waals surface area contributed by atoms with E-state index < -0.39 is 24.2 Å². The monoisotopic (exact) mass is 534 g/mol. The molecule has 1 unspecified atom stereocenters. The molecule has 196 valence electrons. The van der Waals surface area contributed by atoms with Crippen molar-refractivity contribution in [3.8, 4) is 11.5 Å². The number of ether oxygens (including phenoxy) is 2. The van der Waals surface area contributed by atoms with Crippen LogP contribution in [0.4, 0.5) is 29.3 Å². The number of urea groups is 1. The number of benzene rings is 3. The summed E-state index contributed by atoms with van der Waals surface area (Å²) in [6.07, 6.45) is -4.65. The van der Waals surface area contributed by atoms with Gasteiger partial charge in [-0.05, 0) is 42.0 Å². The van der Waals surface area contributed by atoms with Gasteiger partial charge in [-0.15, -0.1) is 13.2 Å². The number of nitrogens with zero attached hydrogens (tertiary/aromatic N) is 1. The van der Waals surface area contributed by atoms with Gasteiger partial charge in [0.2, 0.25) is 5.91 Å². The largest absolute Gasteiger partial charge is 0.573 e. The molecule has 0 spiro atoms. The van der Waals surface area contributed by atoms with Crippen molar-refractivity contribution in [3.05, 3.63) is 84.4 Å². The van der Waals surface area contributed by atoms with Crippen LogP contribution < -0.4 is 29.1 Å². The average molecular weight is 535 g/mol. The third-order valence-electron chi connectivity index (χ3n) is 5.09. The molecule has 0 aliphatic rings. The molecule has 1 atom stereocenters. The number of likely N-dealkylation sites (N-methyl/N-ethyl adjacent to an activating group) is 1. The summed E-state index contributed by atoms with van der Waals surface area (Å²) in [7, 11) is 3.13. The van der Waals surface area contributed by atoms with Gasteiger partial charge in [-0.25, -0.2) is 4.79 Å². The Balaban J connectivity index is 1.66. The highest BCUT2D eigenvalue weighted by atomic mass is 32.2. The minimum absolute atomic E-state index is 0.00118. The maximum Gasteiger partial charge on any atom is 0.573 e. The Hall–Kier alpha value is -4.06. The van der Waals surface area contributed by atoms with Gasteiger partial charge in [0.15, 0.2) is 5.75 Å². The van der Waals surface area contributed by atoms with Crippen molar-refractivity contribution in [2.24, 2.45) is 0 Å². The number of rotatable bonds is 10. The fourth-order valence-electron chi connectivity index (χ4n) is 3.30. The van der Waals surface area contributed by atoms with Crippen LogP contribution in [0.3, 0.4) is 0 Å². The lowest BCUT2D eigenvalue weighted by atomic mass is 10.0. The van der Waals surface area contributed by atoms with Gasteiger partial charge in [0.25, 0.3) is 0 Å². The minimum atomic E-state index is -4.87. The summed E-state index contributed by atoms with van der Waals surface area (Å²) in [6.45, 7) is 0. The molecule has 3 N–H and O–H groups in total. The number of amides is 3. The van der Waals surface area contributed by atoms with Gasteiger partial charge >= 0.3 is 12.4 Å². The highest BCUT2D eigenvalue weighted by Gasteiger charge is 2.32. The second kappa shape index (κ2) is 12.8.